The molecule has 4 rings (SSSR count). The number of hydrogen-bond donors (Lipinski definition) is 0. The van der Waals surface area contributed by atoms with Crippen LogP contribution in [0.3, 0.4) is 0 Å². The fourth-order valence-corrected chi connectivity index (χ4v) is 3.35. The first-order valence-electron chi connectivity index (χ1n) is 9.11. The average Bonchev–Trinajstić information content (AvgIpc) is 2.70. The second kappa shape index (κ2) is 7.43. The number of carbonyl (C=O) groups excluding carboxylic acids is 1. The van der Waals surface area contributed by atoms with Gasteiger partial charge in [-0.3, -0.25) is 9.59 Å². The van der Waals surface area contributed by atoms with Crippen molar-refractivity contribution in [1.82, 2.24) is 4.57 Å². The number of halogens is 2. The van der Waals surface area contributed by atoms with Crippen molar-refractivity contribution in [2.75, 3.05) is 0 Å². The topological polar surface area (TPSA) is 39.1 Å². The van der Waals surface area contributed by atoms with Gasteiger partial charge in [0.15, 0.2) is 5.78 Å². The van der Waals surface area contributed by atoms with E-state index < -0.39 is 17.0 Å². The number of aromatic nitrogens is 1. The molecule has 3 nitrogen and oxygen atoms in total. The molecule has 1 aromatic heterocycles. The van der Waals surface area contributed by atoms with Crippen LogP contribution in [0, 0.1) is 18.6 Å². The van der Waals surface area contributed by atoms with Crippen LogP contribution in [0.2, 0.25) is 0 Å². The third-order valence-electron chi connectivity index (χ3n) is 4.84. The Kier molecular flexibility index (Phi) is 4.80. The lowest BCUT2D eigenvalue weighted by molar-refractivity contribution is 0.103. The first-order valence-corrected chi connectivity index (χ1v) is 9.11. The van der Waals surface area contributed by atoms with Crippen molar-refractivity contribution in [1.29, 1.82) is 0 Å². The molecule has 0 aliphatic carbocycles. The van der Waals surface area contributed by atoms with E-state index in [1.807, 2.05) is 6.92 Å². The van der Waals surface area contributed by atoms with E-state index >= 15 is 0 Å². The van der Waals surface area contributed by atoms with Crippen LogP contribution in [-0.4, -0.2) is 10.4 Å². The third-order valence-corrected chi connectivity index (χ3v) is 4.84. The number of benzene rings is 3. The first-order chi connectivity index (χ1) is 13.9. The third kappa shape index (κ3) is 3.72. The summed E-state index contributed by atoms with van der Waals surface area (Å²) < 4.78 is 29.1. The van der Waals surface area contributed by atoms with E-state index in [1.165, 1.54) is 30.5 Å². The normalized spacial score (nSPS) is 11.0. The molecule has 0 fully saturated rings. The van der Waals surface area contributed by atoms with Crippen molar-refractivity contribution in [3.8, 4) is 0 Å². The summed E-state index contributed by atoms with van der Waals surface area (Å²) in [6.07, 6.45) is 1.47. The molecule has 5 heteroatoms. The van der Waals surface area contributed by atoms with Gasteiger partial charge in [0.1, 0.15) is 11.6 Å². The molecule has 0 atom stereocenters. The molecule has 0 spiro atoms. The van der Waals surface area contributed by atoms with E-state index in [0.717, 1.165) is 11.6 Å². The van der Waals surface area contributed by atoms with Crippen molar-refractivity contribution < 1.29 is 13.6 Å². The second-order valence-corrected chi connectivity index (χ2v) is 6.99. The maximum atomic E-state index is 13.8. The van der Waals surface area contributed by atoms with Crippen molar-refractivity contribution in [2.45, 2.75) is 13.5 Å². The van der Waals surface area contributed by atoms with E-state index in [4.69, 9.17) is 0 Å². The predicted molar refractivity (Wildman–Crippen MR) is 108 cm³/mol. The average molecular weight is 389 g/mol. The van der Waals surface area contributed by atoms with Crippen LogP contribution < -0.4 is 5.43 Å². The standard InChI is InChI=1S/C24H17F2NO2/c1-15-5-7-17(8-6-15)23(28)21-14-27(13-16-3-2-4-18(25)11-16)22-10-9-19(26)12-20(22)24(21)29/h2-12,14H,13H2,1H3. The van der Waals surface area contributed by atoms with Crippen LogP contribution in [0.15, 0.2) is 77.7 Å². The first kappa shape index (κ1) is 18.7. The second-order valence-electron chi connectivity index (χ2n) is 6.99. The molecule has 144 valence electrons. The molecule has 3 aromatic carbocycles. The van der Waals surface area contributed by atoms with Crippen molar-refractivity contribution >= 4 is 16.7 Å². The monoisotopic (exact) mass is 389 g/mol. The maximum absolute atomic E-state index is 13.8. The molecule has 0 N–H and O–H groups in total. The molecule has 0 saturated carbocycles. The smallest absolute Gasteiger partial charge is 0.200 e. The van der Waals surface area contributed by atoms with Gasteiger partial charge < -0.3 is 4.57 Å². The molecule has 0 bridgehead atoms. The fraction of sp³-hybridized carbons (Fsp3) is 0.0833. The summed E-state index contributed by atoms with van der Waals surface area (Å²) in [7, 11) is 0. The SMILES string of the molecule is Cc1ccc(C(=O)c2cn(Cc3cccc(F)c3)c3ccc(F)cc3c2=O)cc1. The summed E-state index contributed by atoms with van der Waals surface area (Å²) in [6.45, 7) is 2.13. The van der Waals surface area contributed by atoms with Gasteiger partial charge in [0.2, 0.25) is 5.43 Å². The zero-order valence-electron chi connectivity index (χ0n) is 15.7. The number of fused-ring (bicyclic) bond motifs is 1. The Morgan fingerprint density at radius 1 is 0.931 bits per heavy atom. The van der Waals surface area contributed by atoms with Gasteiger partial charge in [-0.25, -0.2) is 8.78 Å². The lowest BCUT2D eigenvalue weighted by Crippen LogP contribution is -2.20. The molecule has 0 aliphatic rings. The van der Waals surface area contributed by atoms with Crippen LogP contribution in [-0.2, 0) is 6.54 Å². The number of aryl methyl sites for hydroxylation is 1. The summed E-state index contributed by atoms with van der Waals surface area (Å²) in [5.74, 6) is -1.38. The lowest BCUT2D eigenvalue weighted by Gasteiger charge is -2.14. The number of ketones is 1. The minimum Gasteiger partial charge on any atom is -0.342 e. The van der Waals surface area contributed by atoms with Crippen molar-refractivity contribution in [2.24, 2.45) is 0 Å². The van der Waals surface area contributed by atoms with Gasteiger partial charge in [-0.05, 0) is 42.8 Å². The lowest BCUT2D eigenvalue weighted by atomic mass is 10.0. The van der Waals surface area contributed by atoms with Gasteiger partial charge in [0.25, 0.3) is 0 Å². The van der Waals surface area contributed by atoms with Crippen LogP contribution in [0.1, 0.15) is 27.0 Å². The number of nitrogens with zero attached hydrogens (tertiary/aromatic N) is 1. The number of pyridine rings is 1. The molecule has 0 aliphatic heterocycles. The van der Waals surface area contributed by atoms with Crippen molar-refractivity contribution in [3.05, 3.63) is 117 Å². The molecule has 29 heavy (non-hydrogen) atoms. The highest BCUT2D eigenvalue weighted by Gasteiger charge is 2.18. The van der Waals surface area contributed by atoms with Gasteiger partial charge in [-0.15, -0.1) is 0 Å². The van der Waals surface area contributed by atoms with Crippen LogP contribution in [0.4, 0.5) is 8.78 Å². The summed E-state index contributed by atoms with van der Waals surface area (Å²) in [5, 5.41) is 0.111. The zero-order chi connectivity index (χ0) is 20.5. The minimum absolute atomic E-state index is 0.0524. The number of carbonyl (C=O) groups is 1. The van der Waals surface area contributed by atoms with Gasteiger partial charge in [-0.2, -0.15) is 0 Å². The number of rotatable bonds is 4. The van der Waals surface area contributed by atoms with Gasteiger partial charge >= 0.3 is 0 Å². The highest BCUT2D eigenvalue weighted by Crippen LogP contribution is 2.18. The molecule has 1 heterocycles. The molecule has 0 amide bonds. The van der Waals surface area contributed by atoms with E-state index in [-0.39, 0.29) is 23.3 Å². The quantitative estimate of drug-likeness (QED) is 0.467. The highest BCUT2D eigenvalue weighted by molar-refractivity contribution is 6.10. The fourth-order valence-electron chi connectivity index (χ4n) is 3.35. The summed E-state index contributed by atoms with van der Waals surface area (Å²) in [4.78, 5) is 26.0. The van der Waals surface area contributed by atoms with Gasteiger partial charge in [0, 0.05) is 23.7 Å². The largest absolute Gasteiger partial charge is 0.342 e. The number of hydrogen-bond acceptors (Lipinski definition) is 2. The Balaban J connectivity index is 1.90. The van der Waals surface area contributed by atoms with Gasteiger partial charge in [0.05, 0.1) is 11.1 Å². The molecule has 0 radical (unpaired) electrons. The van der Waals surface area contributed by atoms with Gasteiger partial charge in [-0.1, -0.05) is 42.0 Å². The van der Waals surface area contributed by atoms with Crippen LogP contribution in [0.5, 0.6) is 0 Å². The molecule has 0 saturated heterocycles. The predicted octanol–water partition coefficient (Wildman–Crippen LogP) is 4.87. The molecule has 0 unspecified atom stereocenters. The summed E-state index contributed by atoms with van der Waals surface area (Å²) >= 11 is 0. The Morgan fingerprint density at radius 2 is 1.66 bits per heavy atom. The highest BCUT2D eigenvalue weighted by atomic mass is 19.1. The summed E-state index contributed by atoms with van der Waals surface area (Å²) in [5.41, 5.74) is 1.92. The van der Waals surface area contributed by atoms with E-state index in [2.05, 4.69) is 0 Å². The Morgan fingerprint density at radius 3 is 2.38 bits per heavy atom. The Hall–Kier alpha value is -3.60. The summed E-state index contributed by atoms with van der Waals surface area (Å²) in [6, 6.07) is 16.8. The van der Waals surface area contributed by atoms with Crippen LogP contribution in [0.25, 0.3) is 10.9 Å². The zero-order valence-corrected chi connectivity index (χ0v) is 15.7. The van der Waals surface area contributed by atoms with E-state index in [1.54, 1.807) is 41.0 Å². The van der Waals surface area contributed by atoms with Crippen molar-refractivity contribution in [3.63, 3.8) is 0 Å². The van der Waals surface area contributed by atoms with Crippen LogP contribution >= 0.6 is 0 Å². The Labute approximate surface area is 165 Å². The molecular weight excluding hydrogens is 372 g/mol. The van der Waals surface area contributed by atoms with E-state index in [9.17, 15) is 18.4 Å². The van der Waals surface area contributed by atoms with E-state index in [0.29, 0.717) is 16.6 Å². The maximum Gasteiger partial charge on any atom is 0.200 e. The molecular formula is C24H17F2NO2. The molecule has 4 aromatic rings. The minimum atomic E-state index is -0.563. The Bertz CT molecular complexity index is 1290.